The van der Waals surface area contributed by atoms with Crippen LogP contribution in [-0.4, -0.2) is 57.4 Å². The molecular weight excluding hydrogens is 342 g/mol. The fourth-order valence-corrected chi connectivity index (χ4v) is 5.87. The number of ketones is 1. The van der Waals surface area contributed by atoms with Crippen molar-refractivity contribution in [2.45, 2.75) is 33.0 Å². The normalized spacial score (nSPS) is 37.3. The van der Waals surface area contributed by atoms with E-state index in [1.54, 1.807) is 0 Å². The van der Waals surface area contributed by atoms with Gasteiger partial charge >= 0.3 is 5.97 Å². The predicted molar refractivity (Wildman–Crippen MR) is 101 cm³/mol. The van der Waals surface area contributed by atoms with Crippen LogP contribution in [0, 0.1) is 10.8 Å². The number of carbonyl (C=O) groups excluding carboxylic acids is 1. The van der Waals surface area contributed by atoms with E-state index in [0.29, 0.717) is 12.3 Å². The summed E-state index contributed by atoms with van der Waals surface area (Å²) in [5.41, 5.74) is 1.76. The average Bonchev–Trinajstić information content (AvgIpc) is 2.95. The van der Waals surface area contributed by atoms with E-state index in [2.05, 4.69) is 46.5 Å². The van der Waals surface area contributed by atoms with Crippen molar-refractivity contribution in [2.75, 3.05) is 26.2 Å². The maximum Gasteiger partial charge on any atom is 0.305 e. The molecule has 0 saturated carbocycles. The van der Waals surface area contributed by atoms with Crippen LogP contribution >= 0.6 is 0 Å². The lowest BCUT2D eigenvalue weighted by atomic mass is 9.62. The van der Waals surface area contributed by atoms with Gasteiger partial charge in [-0.25, -0.2) is 0 Å². The minimum absolute atomic E-state index is 0.112. The number of Topliss-reactive ketones (excluding diaryl/α,β-unsaturated/α-hetero) is 1. The zero-order valence-electron chi connectivity index (χ0n) is 15.8. The molecule has 142 valence electrons. The fourth-order valence-electron chi connectivity index (χ4n) is 5.87. The van der Waals surface area contributed by atoms with Crippen LogP contribution in [0.4, 0.5) is 0 Å². The molecule has 4 fully saturated rings. The third kappa shape index (κ3) is 2.33. The largest absolute Gasteiger partial charge is 0.481 e. The summed E-state index contributed by atoms with van der Waals surface area (Å²) >= 11 is 0. The second-order valence-corrected chi connectivity index (χ2v) is 9.07. The third-order valence-corrected chi connectivity index (χ3v) is 6.66. The molecule has 1 N–H and O–H groups in total. The van der Waals surface area contributed by atoms with Crippen LogP contribution in [0.5, 0.6) is 0 Å². The Morgan fingerprint density at radius 2 is 1.70 bits per heavy atom. The summed E-state index contributed by atoms with van der Waals surface area (Å²) in [6, 6.07) is 8.24. The maximum absolute atomic E-state index is 12.9. The second kappa shape index (κ2) is 5.42. The molecule has 27 heavy (non-hydrogen) atoms. The summed E-state index contributed by atoms with van der Waals surface area (Å²) in [5.74, 6) is -0.361. The number of aryl methyl sites for hydroxylation is 1. The van der Waals surface area contributed by atoms with Crippen molar-refractivity contribution >= 4 is 22.7 Å². The topological polar surface area (TPSA) is 65.8 Å². The molecule has 0 radical (unpaired) electrons. The van der Waals surface area contributed by atoms with Crippen LogP contribution in [-0.2, 0) is 16.1 Å². The van der Waals surface area contributed by atoms with Gasteiger partial charge in [0.25, 0.3) is 0 Å². The number of carboxylic acid groups (broad SMARTS) is 1. The molecule has 1 aromatic carbocycles. The van der Waals surface area contributed by atoms with E-state index >= 15 is 0 Å². The van der Waals surface area contributed by atoms with E-state index < -0.39 is 5.97 Å². The Hall–Kier alpha value is -2.18. The summed E-state index contributed by atoms with van der Waals surface area (Å²) in [4.78, 5) is 28.9. The molecule has 1 aromatic heterocycles. The smallest absolute Gasteiger partial charge is 0.305 e. The molecule has 0 spiro atoms. The van der Waals surface area contributed by atoms with Crippen molar-refractivity contribution < 1.29 is 14.7 Å². The number of rotatable bonds is 4. The molecule has 6 nitrogen and oxygen atoms in total. The minimum atomic E-state index is -0.782. The number of fused-ring (bicyclic) bond motifs is 1. The molecule has 4 aliphatic rings. The van der Waals surface area contributed by atoms with Crippen molar-refractivity contribution in [1.29, 1.82) is 0 Å². The van der Waals surface area contributed by atoms with E-state index in [1.807, 2.05) is 12.1 Å². The molecular formula is C21H25N3O3. The van der Waals surface area contributed by atoms with Gasteiger partial charge in [0.05, 0.1) is 23.4 Å². The number of piperidine rings is 2. The first-order valence-electron chi connectivity index (χ1n) is 9.63. The molecule has 5 heterocycles. The van der Waals surface area contributed by atoms with Gasteiger partial charge in [-0.1, -0.05) is 32.0 Å². The van der Waals surface area contributed by atoms with Gasteiger partial charge in [-0.05, 0) is 6.07 Å². The van der Waals surface area contributed by atoms with Crippen LogP contribution in [0.2, 0.25) is 0 Å². The Morgan fingerprint density at radius 1 is 1.11 bits per heavy atom. The summed E-state index contributed by atoms with van der Waals surface area (Å²) in [6.45, 7) is 7.90. The molecule has 0 amide bonds. The van der Waals surface area contributed by atoms with Gasteiger partial charge < -0.3 is 9.67 Å². The van der Waals surface area contributed by atoms with Crippen LogP contribution in [0.3, 0.4) is 0 Å². The zero-order valence-corrected chi connectivity index (χ0v) is 15.8. The van der Waals surface area contributed by atoms with Gasteiger partial charge in [0.1, 0.15) is 5.78 Å². The van der Waals surface area contributed by atoms with Gasteiger partial charge in [-0.15, -0.1) is 0 Å². The summed E-state index contributed by atoms with van der Waals surface area (Å²) in [7, 11) is 0. The van der Waals surface area contributed by atoms with Gasteiger partial charge in [0.15, 0.2) is 0 Å². The molecule has 0 aliphatic carbocycles. The molecule has 4 saturated heterocycles. The van der Waals surface area contributed by atoms with E-state index in [-0.39, 0.29) is 23.4 Å². The number of nitrogens with zero attached hydrogens (tertiary/aromatic N) is 3. The minimum Gasteiger partial charge on any atom is -0.481 e. The van der Waals surface area contributed by atoms with Crippen molar-refractivity contribution in [3.63, 3.8) is 0 Å². The third-order valence-electron chi connectivity index (χ3n) is 6.66. The van der Waals surface area contributed by atoms with E-state index in [1.165, 1.54) is 10.9 Å². The Labute approximate surface area is 158 Å². The van der Waals surface area contributed by atoms with Crippen LogP contribution in [0.25, 0.3) is 10.9 Å². The molecule has 2 aromatic rings. The van der Waals surface area contributed by atoms with Crippen molar-refractivity contribution in [1.82, 2.24) is 14.4 Å². The number of para-hydroxylation sites is 1. The fraction of sp³-hybridized carbons (Fsp3) is 0.524. The Morgan fingerprint density at radius 3 is 2.30 bits per heavy atom. The molecule has 4 aliphatic heterocycles. The number of aromatic nitrogens is 1. The number of benzene rings is 1. The highest BCUT2D eigenvalue weighted by atomic mass is 16.4. The highest BCUT2D eigenvalue weighted by molar-refractivity contribution is 5.93. The summed E-state index contributed by atoms with van der Waals surface area (Å²) < 4.78 is 2.07. The lowest BCUT2D eigenvalue weighted by molar-refractivity contribution is -0.196. The number of carbonyl (C=O) groups is 2. The van der Waals surface area contributed by atoms with Crippen LogP contribution < -0.4 is 0 Å². The first-order chi connectivity index (χ1) is 12.8. The summed E-state index contributed by atoms with van der Waals surface area (Å²) in [6.07, 6.45) is 2.41. The first kappa shape index (κ1) is 17.0. The van der Waals surface area contributed by atoms with Gasteiger partial charge in [-0.2, -0.15) is 0 Å². The number of hydrogen-bond acceptors (Lipinski definition) is 4. The van der Waals surface area contributed by atoms with Crippen molar-refractivity contribution in [3.05, 3.63) is 36.0 Å². The monoisotopic (exact) mass is 367 g/mol. The zero-order chi connectivity index (χ0) is 19.0. The van der Waals surface area contributed by atoms with E-state index in [4.69, 9.17) is 5.11 Å². The predicted octanol–water partition coefficient (Wildman–Crippen LogP) is 2.34. The number of hydrogen-bond donors (Lipinski definition) is 1. The number of carboxylic acids is 1. The van der Waals surface area contributed by atoms with Crippen LogP contribution in [0.1, 0.15) is 32.0 Å². The van der Waals surface area contributed by atoms with E-state index in [0.717, 1.165) is 31.7 Å². The number of aliphatic carboxylic acids is 1. The summed E-state index contributed by atoms with van der Waals surface area (Å²) in [5, 5.41) is 10.3. The van der Waals surface area contributed by atoms with Gasteiger partial charge in [0, 0.05) is 55.4 Å². The molecule has 6 heteroatoms. The van der Waals surface area contributed by atoms with Crippen LogP contribution in [0.15, 0.2) is 30.5 Å². The molecule has 0 unspecified atom stereocenters. The lowest BCUT2D eigenvalue weighted by Gasteiger charge is -2.64. The maximum atomic E-state index is 12.9. The molecule has 6 rings (SSSR count). The Balaban J connectivity index is 1.57. The molecule has 0 atom stereocenters. The van der Waals surface area contributed by atoms with E-state index in [9.17, 15) is 9.59 Å². The van der Waals surface area contributed by atoms with Gasteiger partial charge in [-0.3, -0.25) is 19.4 Å². The Kier molecular flexibility index (Phi) is 3.41. The highest BCUT2D eigenvalue weighted by Gasteiger charge is 2.62. The van der Waals surface area contributed by atoms with Crippen molar-refractivity contribution in [2.24, 2.45) is 10.8 Å². The average molecular weight is 367 g/mol. The highest BCUT2D eigenvalue weighted by Crippen LogP contribution is 2.52. The SMILES string of the molecule is CC12CN3CC(C)(CN(C1)C3c1cn(CCC(=O)O)c3ccccc13)C2=O. The Bertz CT molecular complexity index is 923. The van der Waals surface area contributed by atoms with Gasteiger partial charge in [0.2, 0.25) is 0 Å². The molecule has 4 bridgehead atoms. The standard InChI is InChI=1S/C21H25N3O3/c1-20-10-23-12-21(2,19(20)27)13-24(11-20)18(23)15-9-22(8-7-17(25)26)16-6-4-3-5-14(15)16/h3-6,9,18H,7-8,10-13H2,1-2H3,(H,25,26). The quantitative estimate of drug-likeness (QED) is 0.899. The van der Waals surface area contributed by atoms with Crippen molar-refractivity contribution in [3.8, 4) is 0 Å². The lowest BCUT2D eigenvalue weighted by Crippen LogP contribution is -2.75. The first-order valence-corrected chi connectivity index (χ1v) is 9.63. The second-order valence-electron chi connectivity index (χ2n) is 9.07.